The van der Waals surface area contributed by atoms with Crippen LogP contribution in [0.15, 0.2) is 29.4 Å². The van der Waals surface area contributed by atoms with E-state index < -0.39 is 22.9 Å². The molecular weight excluding hydrogens is 343 g/mol. The van der Waals surface area contributed by atoms with Gasteiger partial charge in [0.25, 0.3) is 0 Å². The molecule has 0 aliphatic heterocycles. The van der Waals surface area contributed by atoms with Crippen LogP contribution in [0.4, 0.5) is 18.9 Å². The van der Waals surface area contributed by atoms with Crippen LogP contribution in [0.2, 0.25) is 0 Å². The third kappa shape index (κ3) is 3.69. The fraction of sp³-hybridized carbons (Fsp3) is 0.429. The molecule has 1 aliphatic carbocycles. The van der Waals surface area contributed by atoms with E-state index in [0.717, 1.165) is 30.7 Å². The molecule has 1 amide bonds. The molecule has 1 N–H and O–H groups in total. The number of nitrogens with one attached hydrogen (secondary N) is 1. The molecule has 1 aromatic carbocycles. The van der Waals surface area contributed by atoms with Gasteiger partial charge in [0.15, 0.2) is 0 Å². The fourth-order valence-electron chi connectivity index (χ4n) is 2.10. The van der Waals surface area contributed by atoms with E-state index in [4.69, 9.17) is 0 Å². The van der Waals surface area contributed by atoms with Gasteiger partial charge in [0, 0.05) is 0 Å². The van der Waals surface area contributed by atoms with Crippen molar-refractivity contribution in [3.63, 3.8) is 0 Å². The molecule has 6 nitrogen and oxygen atoms in total. The van der Waals surface area contributed by atoms with Crippen LogP contribution in [0.5, 0.6) is 0 Å². The van der Waals surface area contributed by atoms with Gasteiger partial charge >= 0.3 is 6.18 Å². The smallest absolute Gasteiger partial charge is 0.325 e. The maximum Gasteiger partial charge on any atom is 0.418 e. The number of nitrogens with zero attached hydrogens (tertiary/aromatic N) is 4. The second-order valence-electron chi connectivity index (χ2n) is 5.43. The SMILES string of the molecule is CC(Sc1nnnn1C1CC1)C(=O)Nc1ccccc1C(F)(F)F. The number of amides is 1. The summed E-state index contributed by atoms with van der Waals surface area (Å²) in [5.74, 6) is -0.540. The van der Waals surface area contributed by atoms with Crippen LogP contribution < -0.4 is 5.32 Å². The van der Waals surface area contributed by atoms with Crippen molar-refractivity contribution in [2.24, 2.45) is 0 Å². The number of rotatable bonds is 5. The zero-order valence-corrected chi connectivity index (χ0v) is 13.4. The van der Waals surface area contributed by atoms with Crippen LogP contribution in [0.25, 0.3) is 0 Å². The van der Waals surface area contributed by atoms with Crippen LogP contribution in [0.1, 0.15) is 31.4 Å². The van der Waals surface area contributed by atoms with Crippen LogP contribution in [0, 0.1) is 0 Å². The molecule has 0 bridgehead atoms. The molecule has 3 rings (SSSR count). The second kappa shape index (κ2) is 6.42. The molecular formula is C14H14F3N5OS. The molecule has 1 heterocycles. The summed E-state index contributed by atoms with van der Waals surface area (Å²) in [5, 5.41) is 13.5. The highest BCUT2D eigenvalue weighted by Gasteiger charge is 2.34. The summed E-state index contributed by atoms with van der Waals surface area (Å²) in [6.07, 6.45) is -2.56. The monoisotopic (exact) mass is 357 g/mol. The van der Waals surface area contributed by atoms with Crippen LogP contribution in [0.3, 0.4) is 0 Å². The summed E-state index contributed by atoms with van der Waals surface area (Å²) in [7, 11) is 0. The van der Waals surface area contributed by atoms with E-state index >= 15 is 0 Å². The van der Waals surface area contributed by atoms with Crippen LogP contribution in [-0.4, -0.2) is 31.4 Å². The van der Waals surface area contributed by atoms with E-state index in [1.54, 1.807) is 11.6 Å². The minimum atomic E-state index is -4.53. The number of halogens is 3. The van der Waals surface area contributed by atoms with Gasteiger partial charge in [0.2, 0.25) is 11.1 Å². The quantitative estimate of drug-likeness (QED) is 0.833. The minimum Gasteiger partial charge on any atom is -0.325 e. The molecule has 0 spiro atoms. The molecule has 1 aliphatic rings. The van der Waals surface area contributed by atoms with Crippen molar-refractivity contribution in [2.45, 2.75) is 42.4 Å². The Morgan fingerprint density at radius 3 is 2.75 bits per heavy atom. The van der Waals surface area contributed by atoms with Gasteiger partial charge in [0.1, 0.15) is 0 Å². The number of carbonyl (C=O) groups is 1. The van der Waals surface area contributed by atoms with Crippen LogP contribution in [-0.2, 0) is 11.0 Å². The van der Waals surface area contributed by atoms with E-state index in [-0.39, 0.29) is 11.7 Å². The lowest BCUT2D eigenvalue weighted by Crippen LogP contribution is -2.24. The predicted molar refractivity (Wildman–Crippen MR) is 81.5 cm³/mol. The Bertz CT molecular complexity index is 744. The summed E-state index contributed by atoms with van der Waals surface area (Å²) >= 11 is 1.12. The first kappa shape index (κ1) is 16.7. The van der Waals surface area contributed by atoms with E-state index in [1.807, 2.05) is 0 Å². The van der Waals surface area contributed by atoms with Crippen molar-refractivity contribution in [1.82, 2.24) is 20.2 Å². The standard InChI is InChI=1S/C14H14F3N5OS/c1-8(24-13-19-20-21-22(13)9-6-7-9)12(23)18-11-5-3-2-4-10(11)14(15,16)17/h2-5,8-9H,6-7H2,1H3,(H,18,23). The average Bonchev–Trinajstić information content (AvgIpc) is 3.26. The molecule has 24 heavy (non-hydrogen) atoms. The number of hydrogen-bond donors (Lipinski definition) is 1. The topological polar surface area (TPSA) is 72.7 Å². The summed E-state index contributed by atoms with van der Waals surface area (Å²) in [6, 6.07) is 5.13. The molecule has 0 saturated heterocycles. The number of benzene rings is 1. The van der Waals surface area contributed by atoms with Crippen molar-refractivity contribution < 1.29 is 18.0 Å². The Morgan fingerprint density at radius 2 is 2.08 bits per heavy atom. The Labute approximate surface area is 139 Å². The van der Waals surface area contributed by atoms with Crippen molar-refractivity contribution in [1.29, 1.82) is 0 Å². The van der Waals surface area contributed by atoms with E-state index in [9.17, 15) is 18.0 Å². The van der Waals surface area contributed by atoms with Gasteiger partial charge in [0.05, 0.1) is 22.5 Å². The van der Waals surface area contributed by atoms with Crippen LogP contribution >= 0.6 is 11.8 Å². The zero-order chi connectivity index (χ0) is 17.3. The highest BCUT2D eigenvalue weighted by Crippen LogP contribution is 2.38. The number of hydrogen-bond acceptors (Lipinski definition) is 5. The number of aromatic nitrogens is 4. The van der Waals surface area contributed by atoms with Gasteiger partial charge in [-0.3, -0.25) is 4.79 Å². The van der Waals surface area contributed by atoms with Gasteiger partial charge in [-0.15, -0.1) is 5.10 Å². The zero-order valence-electron chi connectivity index (χ0n) is 12.6. The maximum atomic E-state index is 13.0. The first-order valence-corrected chi connectivity index (χ1v) is 8.16. The molecule has 1 unspecified atom stereocenters. The Kier molecular flexibility index (Phi) is 4.48. The first-order chi connectivity index (χ1) is 11.4. The molecule has 2 aromatic rings. The Morgan fingerprint density at radius 1 is 1.38 bits per heavy atom. The van der Waals surface area contributed by atoms with Gasteiger partial charge < -0.3 is 5.32 Å². The average molecular weight is 357 g/mol. The maximum absolute atomic E-state index is 13.0. The number of carbonyl (C=O) groups excluding carboxylic acids is 1. The van der Waals surface area contributed by atoms with E-state index in [2.05, 4.69) is 20.8 Å². The van der Waals surface area contributed by atoms with Crippen molar-refractivity contribution in [3.05, 3.63) is 29.8 Å². The lowest BCUT2D eigenvalue weighted by molar-refractivity contribution is -0.137. The van der Waals surface area contributed by atoms with E-state index in [1.165, 1.54) is 18.2 Å². The molecule has 10 heteroatoms. The number of para-hydroxylation sites is 1. The fourth-order valence-corrected chi connectivity index (χ4v) is 2.96. The summed E-state index contributed by atoms with van der Waals surface area (Å²) in [6.45, 7) is 1.60. The molecule has 128 valence electrons. The summed E-state index contributed by atoms with van der Waals surface area (Å²) in [5.41, 5.74) is -1.14. The lowest BCUT2D eigenvalue weighted by Gasteiger charge is -2.15. The normalized spacial score (nSPS) is 16.0. The second-order valence-corrected chi connectivity index (χ2v) is 6.74. The molecule has 1 atom stereocenters. The lowest BCUT2D eigenvalue weighted by atomic mass is 10.1. The van der Waals surface area contributed by atoms with Gasteiger partial charge in [-0.1, -0.05) is 23.9 Å². The van der Waals surface area contributed by atoms with Crippen molar-refractivity contribution in [2.75, 3.05) is 5.32 Å². The van der Waals surface area contributed by atoms with Crippen molar-refractivity contribution >= 4 is 23.4 Å². The third-order valence-corrected chi connectivity index (χ3v) is 4.54. The molecule has 0 radical (unpaired) electrons. The number of thioether (sulfide) groups is 1. The van der Waals surface area contributed by atoms with Gasteiger partial charge in [-0.05, 0) is 42.3 Å². The van der Waals surface area contributed by atoms with Gasteiger partial charge in [-0.25, -0.2) is 4.68 Å². The largest absolute Gasteiger partial charge is 0.418 e. The molecule has 1 aromatic heterocycles. The molecule has 1 fully saturated rings. The number of anilines is 1. The number of alkyl halides is 3. The predicted octanol–water partition coefficient (Wildman–Crippen LogP) is 3.15. The minimum absolute atomic E-state index is 0.253. The Hall–Kier alpha value is -2.10. The Balaban J connectivity index is 1.70. The third-order valence-electron chi connectivity index (χ3n) is 3.50. The molecule has 1 saturated carbocycles. The first-order valence-electron chi connectivity index (χ1n) is 7.28. The van der Waals surface area contributed by atoms with Crippen molar-refractivity contribution in [3.8, 4) is 0 Å². The van der Waals surface area contributed by atoms with E-state index in [0.29, 0.717) is 5.16 Å². The number of tetrazole rings is 1. The summed E-state index contributed by atoms with van der Waals surface area (Å²) in [4.78, 5) is 12.2. The summed E-state index contributed by atoms with van der Waals surface area (Å²) < 4.78 is 40.6. The van der Waals surface area contributed by atoms with Gasteiger partial charge in [-0.2, -0.15) is 13.2 Å². The highest BCUT2D eigenvalue weighted by molar-refractivity contribution is 8.00. The highest BCUT2D eigenvalue weighted by atomic mass is 32.2.